The van der Waals surface area contributed by atoms with Gasteiger partial charge in [0.1, 0.15) is 29.3 Å². The molecule has 4 aromatic rings. The Morgan fingerprint density at radius 2 is 1.88 bits per heavy atom. The number of carbonyl (C=O) groups excluding carboxylic acids is 2. The molecule has 0 spiro atoms. The number of H-pyrrole nitrogens is 1. The van der Waals surface area contributed by atoms with Crippen molar-refractivity contribution in [3.8, 4) is 17.0 Å². The van der Waals surface area contributed by atoms with E-state index in [4.69, 9.17) is 10.5 Å². The summed E-state index contributed by atoms with van der Waals surface area (Å²) in [6, 6.07) is 8.64. The lowest BCUT2D eigenvalue weighted by Crippen LogP contribution is -2.51. The second kappa shape index (κ2) is 10.1. The SMILES string of the molecule is CC(C)c1cc(C(=O)NCC(O)(c2cc3c(c(-c4ccc(F)cc4)n2)OC[C@]3(C)C(N)=O)C(F)(F)F)cc2cn[nH]c12. The van der Waals surface area contributed by atoms with Gasteiger partial charge in [-0.05, 0) is 60.9 Å². The number of aliphatic hydroxyl groups is 1. The lowest BCUT2D eigenvalue weighted by atomic mass is 9.81. The van der Waals surface area contributed by atoms with Gasteiger partial charge in [-0.15, -0.1) is 0 Å². The van der Waals surface area contributed by atoms with Gasteiger partial charge >= 0.3 is 6.18 Å². The first-order chi connectivity index (χ1) is 19.7. The molecule has 0 aliphatic carbocycles. The molecule has 2 aromatic carbocycles. The molecule has 0 saturated carbocycles. The van der Waals surface area contributed by atoms with Crippen molar-refractivity contribution in [1.82, 2.24) is 20.5 Å². The van der Waals surface area contributed by atoms with Gasteiger partial charge in [0.05, 0.1) is 24.0 Å². The number of benzene rings is 2. The van der Waals surface area contributed by atoms with E-state index in [2.05, 4.69) is 20.5 Å². The van der Waals surface area contributed by atoms with Crippen LogP contribution in [0.2, 0.25) is 0 Å². The maximum absolute atomic E-state index is 14.6. The molecule has 0 saturated heterocycles. The van der Waals surface area contributed by atoms with Crippen molar-refractivity contribution < 1.29 is 37.0 Å². The molecule has 2 aromatic heterocycles. The summed E-state index contributed by atoms with van der Waals surface area (Å²) in [6.07, 6.45) is -3.84. The maximum atomic E-state index is 14.6. The van der Waals surface area contributed by atoms with E-state index in [0.717, 1.165) is 23.8 Å². The van der Waals surface area contributed by atoms with E-state index in [9.17, 15) is 32.3 Å². The number of hydrogen-bond donors (Lipinski definition) is 4. The number of nitrogens with one attached hydrogen (secondary N) is 2. The Hall–Kier alpha value is -4.52. The number of primary amides is 1. The molecule has 5 rings (SSSR count). The molecule has 9 nitrogen and oxygen atoms in total. The van der Waals surface area contributed by atoms with Crippen LogP contribution in [0.25, 0.3) is 22.2 Å². The number of pyridine rings is 1. The van der Waals surface area contributed by atoms with Crippen LogP contribution in [0, 0.1) is 5.82 Å². The number of aromatic amines is 1. The summed E-state index contributed by atoms with van der Waals surface area (Å²) in [5, 5.41) is 20.8. The smallest absolute Gasteiger partial charge is 0.424 e. The number of halogens is 4. The summed E-state index contributed by atoms with van der Waals surface area (Å²) < 4.78 is 63.2. The largest absolute Gasteiger partial charge is 0.489 e. The normalized spacial score (nSPS) is 18.0. The molecule has 0 bridgehead atoms. The fourth-order valence-electron chi connectivity index (χ4n) is 4.92. The Bertz CT molecular complexity index is 1700. The van der Waals surface area contributed by atoms with Crippen molar-refractivity contribution in [2.24, 2.45) is 5.73 Å². The summed E-state index contributed by atoms with van der Waals surface area (Å²) in [5.74, 6) is -2.39. The van der Waals surface area contributed by atoms with E-state index in [0.29, 0.717) is 10.9 Å². The topological polar surface area (TPSA) is 143 Å². The number of ether oxygens (including phenoxy) is 1. The summed E-state index contributed by atoms with van der Waals surface area (Å²) >= 11 is 0. The van der Waals surface area contributed by atoms with E-state index < -0.39 is 47.1 Å². The summed E-state index contributed by atoms with van der Waals surface area (Å²) in [6.45, 7) is 3.58. The molecule has 5 N–H and O–H groups in total. The Balaban J connectivity index is 1.59. The van der Waals surface area contributed by atoms with Crippen LogP contribution in [0.4, 0.5) is 17.6 Å². The third kappa shape index (κ3) is 4.73. The van der Waals surface area contributed by atoms with Crippen LogP contribution in [-0.2, 0) is 15.8 Å². The molecule has 3 heterocycles. The minimum Gasteiger partial charge on any atom is -0.489 e. The van der Waals surface area contributed by atoms with Crippen molar-refractivity contribution >= 4 is 22.7 Å². The van der Waals surface area contributed by atoms with E-state index in [1.165, 1.54) is 31.3 Å². The Kier molecular flexibility index (Phi) is 6.96. The zero-order valence-corrected chi connectivity index (χ0v) is 22.8. The quantitative estimate of drug-likeness (QED) is 0.240. The molecular weight excluding hydrogens is 558 g/mol. The molecule has 220 valence electrons. The van der Waals surface area contributed by atoms with E-state index in [1.807, 2.05) is 13.8 Å². The molecule has 13 heteroatoms. The third-order valence-electron chi connectivity index (χ3n) is 7.60. The summed E-state index contributed by atoms with van der Waals surface area (Å²) in [7, 11) is 0. The Labute approximate surface area is 237 Å². The van der Waals surface area contributed by atoms with E-state index in [-0.39, 0.29) is 40.7 Å². The second-order valence-electron chi connectivity index (χ2n) is 10.8. The van der Waals surface area contributed by atoms with Crippen molar-refractivity contribution in [2.45, 2.75) is 43.9 Å². The maximum Gasteiger partial charge on any atom is 0.424 e. The zero-order valence-electron chi connectivity index (χ0n) is 22.8. The molecule has 2 atom stereocenters. The van der Waals surface area contributed by atoms with Crippen LogP contribution in [0.5, 0.6) is 5.75 Å². The van der Waals surface area contributed by atoms with Crippen LogP contribution >= 0.6 is 0 Å². The molecule has 1 unspecified atom stereocenters. The number of aromatic nitrogens is 3. The molecule has 0 fully saturated rings. The highest BCUT2D eigenvalue weighted by molar-refractivity contribution is 5.99. The summed E-state index contributed by atoms with van der Waals surface area (Å²) in [5.41, 5.74) is 0.924. The zero-order chi connectivity index (χ0) is 30.6. The number of carbonyl (C=O) groups is 2. The highest BCUT2D eigenvalue weighted by Crippen LogP contribution is 2.47. The predicted molar refractivity (Wildman–Crippen MR) is 144 cm³/mol. The van der Waals surface area contributed by atoms with Crippen molar-refractivity contribution in [2.75, 3.05) is 13.2 Å². The number of nitrogens with zero attached hydrogens (tertiary/aromatic N) is 2. The first-order valence-corrected chi connectivity index (χ1v) is 12.9. The lowest BCUT2D eigenvalue weighted by Gasteiger charge is -2.31. The molecule has 2 amide bonds. The number of fused-ring (bicyclic) bond motifs is 2. The minimum atomic E-state index is -5.33. The molecule has 0 radical (unpaired) electrons. The van der Waals surface area contributed by atoms with Gasteiger partial charge in [0.2, 0.25) is 11.5 Å². The van der Waals surface area contributed by atoms with E-state index in [1.54, 1.807) is 6.07 Å². The fourth-order valence-corrected chi connectivity index (χ4v) is 4.92. The van der Waals surface area contributed by atoms with Gasteiger partial charge in [0.25, 0.3) is 5.91 Å². The Morgan fingerprint density at radius 1 is 1.19 bits per heavy atom. The van der Waals surface area contributed by atoms with E-state index >= 15 is 0 Å². The van der Waals surface area contributed by atoms with Crippen molar-refractivity contribution in [1.29, 1.82) is 0 Å². The number of hydrogen-bond acceptors (Lipinski definition) is 6. The monoisotopic (exact) mass is 585 g/mol. The van der Waals surface area contributed by atoms with Gasteiger partial charge in [-0.2, -0.15) is 18.3 Å². The number of nitrogens with two attached hydrogens (primary N) is 1. The fraction of sp³-hybridized carbons (Fsp3) is 0.310. The van der Waals surface area contributed by atoms with Crippen LogP contribution in [0.3, 0.4) is 0 Å². The first-order valence-electron chi connectivity index (χ1n) is 12.9. The standard InChI is InChI=1S/C29H27F4N5O4/c1-14(2)19-9-16(8-17-11-36-38-22(17)19)25(39)35-12-28(41,29(31,32)33)21-10-20-24(42-13-27(20,3)26(34)40)23(37-21)15-4-6-18(30)7-5-15/h4-11,14,41H,12-13H2,1-3H3,(H2,34,40)(H,35,39)(H,36,38)/t27-,28?/m0/s1. The predicted octanol–water partition coefficient (Wildman–Crippen LogP) is 4.20. The van der Waals surface area contributed by atoms with Gasteiger partial charge in [-0.25, -0.2) is 9.37 Å². The van der Waals surface area contributed by atoms with Gasteiger partial charge in [-0.3, -0.25) is 14.7 Å². The van der Waals surface area contributed by atoms with Crippen LogP contribution in [0.1, 0.15) is 53.9 Å². The van der Waals surface area contributed by atoms with Gasteiger partial charge in [0, 0.05) is 22.1 Å². The number of alkyl halides is 3. The minimum absolute atomic E-state index is 0.0187. The Morgan fingerprint density at radius 3 is 2.50 bits per heavy atom. The highest BCUT2D eigenvalue weighted by atomic mass is 19.4. The van der Waals surface area contributed by atoms with Gasteiger partial charge in [-0.1, -0.05) is 13.8 Å². The van der Waals surface area contributed by atoms with Gasteiger partial charge in [0.15, 0.2) is 0 Å². The number of amides is 2. The highest BCUT2D eigenvalue weighted by Gasteiger charge is 2.57. The molecule has 1 aliphatic rings. The third-order valence-corrected chi connectivity index (χ3v) is 7.60. The molecule has 1 aliphatic heterocycles. The molecular formula is C29H27F4N5O4. The molecule has 42 heavy (non-hydrogen) atoms. The lowest BCUT2D eigenvalue weighted by molar-refractivity contribution is -0.265. The first kappa shape index (κ1) is 29.0. The van der Waals surface area contributed by atoms with Crippen molar-refractivity contribution in [3.63, 3.8) is 0 Å². The average Bonchev–Trinajstić information content (AvgIpc) is 3.55. The van der Waals surface area contributed by atoms with Crippen LogP contribution in [-0.4, -0.2) is 51.4 Å². The second-order valence-corrected chi connectivity index (χ2v) is 10.8. The van der Waals surface area contributed by atoms with Crippen molar-refractivity contribution in [3.05, 3.63) is 76.9 Å². The number of rotatable bonds is 7. The van der Waals surface area contributed by atoms with Gasteiger partial charge < -0.3 is 20.9 Å². The summed E-state index contributed by atoms with van der Waals surface area (Å²) in [4.78, 5) is 29.6. The van der Waals surface area contributed by atoms with Crippen LogP contribution in [0.15, 0.2) is 48.7 Å². The average molecular weight is 586 g/mol. The van der Waals surface area contributed by atoms with Crippen LogP contribution < -0.4 is 15.8 Å².